The average molecular weight is 531 g/mol. The molecule has 1 aromatic rings. The molecule has 2 aliphatic rings. The third-order valence-electron chi connectivity index (χ3n) is 5.76. The van der Waals surface area contributed by atoms with Crippen molar-refractivity contribution in [3.05, 3.63) is 64.8 Å². The first kappa shape index (κ1) is 29.3. The molecule has 12 heteroatoms. The normalized spacial score (nSPS) is 21.0. The molecule has 1 aliphatic carbocycles. The molecule has 0 unspecified atom stereocenters. The van der Waals surface area contributed by atoms with Gasteiger partial charge in [0, 0.05) is 31.8 Å². The van der Waals surface area contributed by atoms with Gasteiger partial charge in [-0.25, -0.2) is 13.2 Å². The lowest BCUT2D eigenvalue weighted by atomic mass is 9.80. The maximum Gasteiger partial charge on any atom is 0.416 e. The Balaban J connectivity index is 0.000000297. The SMILES string of the molecule is C[C@@]1(C(=O)O)C=CC=C(C(=O)O)C1.Cc1ccc(C(F)(F)F)cc1C=CCS(=O)(=O)N1CCNCC1. The van der Waals surface area contributed by atoms with Gasteiger partial charge >= 0.3 is 18.1 Å². The highest BCUT2D eigenvalue weighted by Crippen LogP contribution is 2.32. The minimum atomic E-state index is -4.41. The quantitative estimate of drug-likeness (QED) is 0.516. The summed E-state index contributed by atoms with van der Waals surface area (Å²) in [6, 6.07) is 3.43. The molecule has 1 aromatic carbocycles. The Hall–Kier alpha value is -2.96. The second-order valence-electron chi connectivity index (χ2n) is 8.65. The van der Waals surface area contributed by atoms with Crippen molar-refractivity contribution in [2.45, 2.75) is 26.4 Å². The molecule has 0 bridgehead atoms. The van der Waals surface area contributed by atoms with E-state index in [1.165, 1.54) is 47.7 Å². The van der Waals surface area contributed by atoms with Gasteiger partial charge in [0.15, 0.2) is 0 Å². The van der Waals surface area contributed by atoms with E-state index >= 15 is 0 Å². The Kier molecular flexibility index (Phi) is 9.64. The van der Waals surface area contributed by atoms with Gasteiger partial charge in [0.2, 0.25) is 10.0 Å². The Morgan fingerprint density at radius 3 is 2.39 bits per heavy atom. The van der Waals surface area contributed by atoms with E-state index in [4.69, 9.17) is 10.2 Å². The van der Waals surface area contributed by atoms with Crippen molar-refractivity contribution in [1.82, 2.24) is 9.62 Å². The molecule has 1 atom stereocenters. The van der Waals surface area contributed by atoms with Crippen molar-refractivity contribution in [2.75, 3.05) is 31.9 Å². The molecular weight excluding hydrogens is 501 g/mol. The summed E-state index contributed by atoms with van der Waals surface area (Å²) in [6.45, 7) is 5.23. The van der Waals surface area contributed by atoms with Crippen molar-refractivity contribution in [2.24, 2.45) is 5.41 Å². The number of carboxylic acids is 2. The number of alkyl halides is 3. The van der Waals surface area contributed by atoms with Crippen molar-refractivity contribution in [1.29, 1.82) is 0 Å². The fourth-order valence-electron chi connectivity index (χ4n) is 3.50. The van der Waals surface area contributed by atoms with E-state index in [1.807, 2.05) is 0 Å². The minimum absolute atomic E-state index is 0.0359. The molecule has 1 aliphatic heterocycles. The van der Waals surface area contributed by atoms with Crippen LogP contribution in [0.5, 0.6) is 0 Å². The number of rotatable bonds is 6. The van der Waals surface area contributed by atoms with Crippen LogP contribution >= 0.6 is 0 Å². The number of nitrogens with one attached hydrogen (secondary N) is 1. The summed E-state index contributed by atoms with van der Waals surface area (Å²) in [5, 5.41) is 20.5. The number of nitrogens with zero attached hydrogens (tertiary/aromatic N) is 1. The summed E-state index contributed by atoms with van der Waals surface area (Å²) in [5.41, 5.74) is -0.660. The Morgan fingerprint density at radius 2 is 1.83 bits per heavy atom. The topological polar surface area (TPSA) is 124 Å². The zero-order valence-corrected chi connectivity index (χ0v) is 20.7. The van der Waals surface area contributed by atoms with E-state index in [1.54, 1.807) is 6.92 Å². The monoisotopic (exact) mass is 530 g/mol. The van der Waals surface area contributed by atoms with Crippen LogP contribution in [-0.2, 0) is 25.8 Å². The first-order valence-electron chi connectivity index (χ1n) is 11.0. The second kappa shape index (κ2) is 11.8. The molecule has 3 rings (SSSR count). The van der Waals surface area contributed by atoms with Crippen LogP contribution in [-0.4, -0.2) is 66.8 Å². The number of aryl methyl sites for hydroxylation is 1. The first-order valence-corrected chi connectivity index (χ1v) is 12.6. The lowest BCUT2D eigenvalue weighted by Gasteiger charge is -2.26. The number of piperazine rings is 1. The second-order valence-corrected chi connectivity index (χ2v) is 10.7. The molecule has 0 saturated carbocycles. The van der Waals surface area contributed by atoms with Crippen molar-refractivity contribution in [3.63, 3.8) is 0 Å². The molecule has 0 spiro atoms. The highest BCUT2D eigenvalue weighted by molar-refractivity contribution is 7.89. The first-order chi connectivity index (χ1) is 16.7. The van der Waals surface area contributed by atoms with Gasteiger partial charge in [0.25, 0.3) is 0 Å². The Labute approximate surface area is 207 Å². The van der Waals surface area contributed by atoms with Gasteiger partial charge in [-0.3, -0.25) is 4.79 Å². The van der Waals surface area contributed by atoms with Crippen LogP contribution < -0.4 is 5.32 Å². The summed E-state index contributed by atoms with van der Waals surface area (Å²) in [5.74, 6) is -2.28. The molecule has 1 heterocycles. The minimum Gasteiger partial charge on any atom is -0.481 e. The third-order valence-corrected chi connectivity index (χ3v) is 7.53. The van der Waals surface area contributed by atoms with Gasteiger partial charge in [-0.15, -0.1) is 0 Å². The van der Waals surface area contributed by atoms with Gasteiger partial charge < -0.3 is 15.5 Å². The van der Waals surface area contributed by atoms with Crippen molar-refractivity contribution < 1.29 is 41.4 Å². The van der Waals surface area contributed by atoms with Gasteiger partial charge in [-0.2, -0.15) is 17.5 Å². The summed E-state index contributed by atoms with van der Waals surface area (Å²) in [6.07, 6.45) is 2.86. The van der Waals surface area contributed by atoms with Crippen LogP contribution in [0.4, 0.5) is 13.2 Å². The summed E-state index contributed by atoms with van der Waals surface area (Å²) < 4.78 is 63.9. The van der Waals surface area contributed by atoms with E-state index in [9.17, 15) is 31.2 Å². The maximum absolute atomic E-state index is 12.7. The van der Waals surface area contributed by atoms with Gasteiger partial charge in [0.1, 0.15) is 0 Å². The van der Waals surface area contributed by atoms with Crippen LogP contribution in [0, 0.1) is 12.3 Å². The highest BCUT2D eigenvalue weighted by atomic mass is 32.2. The predicted molar refractivity (Wildman–Crippen MR) is 129 cm³/mol. The van der Waals surface area contributed by atoms with Crippen LogP contribution in [0.2, 0.25) is 0 Å². The Morgan fingerprint density at radius 1 is 1.19 bits per heavy atom. The van der Waals surface area contributed by atoms with Crippen molar-refractivity contribution in [3.8, 4) is 0 Å². The molecule has 36 heavy (non-hydrogen) atoms. The van der Waals surface area contributed by atoms with E-state index in [2.05, 4.69) is 5.32 Å². The lowest BCUT2D eigenvalue weighted by molar-refractivity contribution is -0.145. The van der Waals surface area contributed by atoms with E-state index in [0.29, 0.717) is 37.3 Å². The molecule has 3 N–H and O–H groups in total. The van der Waals surface area contributed by atoms with E-state index in [0.717, 1.165) is 12.1 Å². The number of halogens is 3. The standard InChI is InChI=1S/C15H19F3N2O2S.C9H10O4/c1-12-4-5-14(15(16,17)18)11-13(12)3-2-10-23(21,22)20-8-6-19-7-9-20;1-9(8(12)13)4-2-3-6(5-9)7(10)11/h2-5,11,19H,6-10H2,1H3;2-4H,5H2,1H3,(H,10,11)(H,12,13)/t;9-/m.1/s1. The van der Waals surface area contributed by atoms with Crippen LogP contribution in [0.15, 0.2) is 48.1 Å². The van der Waals surface area contributed by atoms with Gasteiger partial charge in [0.05, 0.1) is 16.7 Å². The largest absolute Gasteiger partial charge is 0.481 e. The van der Waals surface area contributed by atoms with E-state index in [-0.39, 0.29) is 17.7 Å². The fourth-order valence-corrected chi connectivity index (χ4v) is 4.79. The van der Waals surface area contributed by atoms with Crippen LogP contribution in [0.3, 0.4) is 0 Å². The number of benzene rings is 1. The number of sulfonamides is 1. The number of hydrogen-bond acceptors (Lipinski definition) is 5. The Bertz CT molecular complexity index is 1170. The summed E-state index contributed by atoms with van der Waals surface area (Å²) in [7, 11) is -3.42. The number of carbonyl (C=O) groups is 2. The van der Waals surface area contributed by atoms with Crippen LogP contribution in [0.25, 0.3) is 6.08 Å². The lowest BCUT2D eigenvalue weighted by Crippen LogP contribution is -2.46. The molecule has 0 aromatic heterocycles. The van der Waals surface area contributed by atoms with E-state index < -0.39 is 39.1 Å². The highest BCUT2D eigenvalue weighted by Gasteiger charge is 2.34. The number of allylic oxidation sites excluding steroid dienone is 2. The molecule has 0 amide bonds. The molecule has 1 saturated heterocycles. The summed E-state index contributed by atoms with van der Waals surface area (Å²) in [4.78, 5) is 21.3. The third kappa shape index (κ3) is 8.04. The van der Waals surface area contributed by atoms with Gasteiger partial charge in [-0.05, 0) is 43.5 Å². The van der Waals surface area contributed by atoms with Crippen LogP contribution in [0.1, 0.15) is 30.0 Å². The number of hydrogen-bond donors (Lipinski definition) is 3. The average Bonchev–Trinajstić information content (AvgIpc) is 2.80. The summed E-state index contributed by atoms with van der Waals surface area (Å²) >= 11 is 0. The smallest absolute Gasteiger partial charge is 0.416 e. The molecule has 8 nitrogen and oxygen atoms in total. The predicted octanol–water partition coefficient (Wildman–Crippen LogP) is 3.31. The molecule has 0 radical (unpaired) electrons. The fraction of sp³-hybridized carbons (Fsp3) is 0.417. The number of aliphatic carboxylic acids is 2. The zero-order valence-electron chi connectivity index (χ0n) is 19.9. The molecular formula is C24H29F3N2O6S. The maximum atomic E-state index is 12.7. The number of carboxylic acid groups (broad SMARTS) is 2. The molecule has 198 valence electrons. The van der Waals surface area contributed by atoms with Gasteiger partial charge in [-0.1, -0.05) is 36.4 Å². The molecule has 1 fully saturated rings. The zero-order chi connectivity index (χ0) is 27.1. The van der Waals surface area contributed by atoms with Crippen molar-refractivity contribution >= 4 is 28.0 Å².